The Morgan fingerprint density at radius 2 is 2.10 bits per heavy atom. The summed E-state index contributed by atoms with van der Waals surface area (Å²) in [4.78, 5) is 4.34. The third-order valence-corrected chi connectivity index (χ3v) is 4.10. The van der Waals surface area contributed by atoms with Gasteiger partial charge in [-0.3, -0.25) is 0 Å². The molecule has 20 heavy (non-hydrogen) atoms. The van der Waals surface area contributed by atoms with E-state index in [9.17, 15) is 0 Å². The van der Waals surface area contributed by atoms with Crippen molar-refractivity contribution in [2.24, 2.45) is 5.92 Å². The van der Waals surface area contributed by atoms with Gasteiger partial charge in [0.25, 0.3) is 0 Å². The highest BCUT2D eigenvalue weighted by molar-refractivity contribution is 6.31. The van der Waals surface area contributed by atoms with E-state index >= 15 is 0 Å². The maximum absolute atomic E-state index is 6.24. The molecular formula is C15H21ClN2O2. The minimum absolute atomic E-state index is 0.549. The molecule has 0 spiro atoms. The standard InChI is InChI=1S/C15H21ClN2O2/c16-14-7-12(8-17-13-1-2-13)9-18-15(14)20-10-11-3-5-19-6-4-11/h7,9,11,13,17H,1-6,8,10H2. The smallest absolute Gasteiger partial charge is 0.232 e. The molecule has 110 valence electrons. The van der Waals surface area contributed by atoms with Gasteiger partial charge in [-0.1, -0.05) is 11.6 Å². The van der Waals surface area contributed by atoms with Crippen LogP contribution in [0.25, 0.3) is 0 Å². The molecule has 1 N–H and O–H groups in total. The van der Waals surface area contributed by atoms with Gasteiger partial charge in [0.1, 0.15) is 5.02 Å². The average molecular weight is 297 g/mol. The van der Waals surface area contributed by atoms with Crippen LogP contribution in [-0.4, -0.2) is 30.8 Å². The molecule has 0 amide bonds. The monoisotopic (exact) mass is 296 g/mol. The highest BCUT2D eigenvalue weighted by Crippen LogP contribution is 2.25. The molecule has 1 aliphatic carbocycles. The molecule has 0 atom stereocenters. The number of ether oxygens (including phenoxy) is 2. The third-order valence-electron chi connectivity index (χ3n) is 3.83. The molecule has 0 aromatic carbocycles. The molecule has 2 fully saturated rings. The Morgan fingerprint density at radius 3 is 2.80 bits per heavy atom. The largest absolute Gasteiger partial charge is 0.476 e. The first kappa shape index (κ1) is 14.1. The highest BCUT2D eigenvalue weighted by atomic mass is 35.5. The van der Waals surface area contributed by atoms with Gasteiger partial charge in [-0.05, 0) is 43.2 Å². The van der Waals surface area contributed by atoms with Crippen molar-refractivity contribution in [3.05, 3.63) is 22.8 Å². The number of hydrogen-bond acceptors (Lipinski definition) is 4. The fourth-order valence-corrected chi connectivity index (χ4v) is 2.57. The van der Waals surface area contributed by atoms with Crippen LogP contribution in [-0.2, 0) is 11.3 Å². The van der Waals surface area contributed by atoms with Gasteiger partial charge in [0.15, 0.2) is 0 Å². The second kappa shape index (κ2) is 6.74. The molecule has 1 aromatic rings. The second-order valence-electron chi connectivity index (χ2n) is 5.65. The summed E-state index contributed by atoms with van der Waals surface area (Å²) in [6.07, 6.45) is 6.53. The predicted molar refractivity (Wildman–Crippen MR) is 78.1 cm³/mol. The maximum atomic E-state index is 6.24. The summed E-state index contributed by atoms with van der Waals surface area (Å²) < 4.78 is 11.1. The molecule has 4 nitrogen and oxygen atoms in total. The zero-order valence-corrected chi connectivity index (χ0v) is 12.4. The molecule has 0 bridgehead atoms. The topological polar surface area (TPSA) is 43.4 Å². The van der Waals surface area contributed by atoms with Gasteiger partial charge in [-0.15, -0.1) is 0 Å². The SMILES string of the molecule is Clc1cc(CNC2CC2)cnc1OCC1CCOCC1. The lowest BCUT2D eigenvalue weighted by atomic mass is 10.0. The third kappa shape index (κ3) is 4.08. The van der Waals surface area contributed by atoms with Crippen molar-refractivity contribution in [1.82, 2.24) is 10.3 Å². The second-order valence-corrected chi connectivity index (χ2v) is 6.06. The molecule has 3 rings (SSSR count). The Labute approximate surface area is 124 Å². The van der Waals surface area contributed by atoms with Gasteiger partial charge < -0.3 is 14.8 Å². The Bertz CT molecular complexity index is 445. The lowest BCUT2D eigenvalue weighted by molar-refractivity contribution is 0.0490. The maximum Gasteiger partial charge on any atom is 0.232 e. The highest BCUT2D eigenvalue weighted by Gasteiger charge is 2.20. The minimum Gasteiger partial charge on any atom is -0.476 e. The Hall–Kier alpha value is -0.840. The van der Waals surface area contributed by atoms with Crippen LogP contribution in [0.15, 0.2) is 12.3 Å². The van der Waals surface area contributed by atoms with Crippen LogP contribution in [0.5, 0.6) is 5.88 Å². The summed E-state index contributed by atoms with van der Waals surface area (Å²) in [6.45, 7) is 3.18. The Morgan fingerprint density at radius 1 is 1.30 bits per heavy atom. The summed E-state index contributed by atoms with van der Waals surface area (Å²) in [5.74, 6) is 1.10. The Balaban J connectivity index is 1.50. The van der Waals surface area contributed by atoms with E-state index < -0.39 is 0 Å². The van der Waals surface area contributed by atoms with E-state index in [1.807, 2.05) is 12.3 Å². The number of halogens is 1. The fourth-order valence-electron chi connectivity index (χ4n) is 2.33. The number of aromatic nitrogens is 1. The molecule has 1 saturated heterocycles. The van der Waals surface area contributed by atoms with Gasteiger partial charge in [-0.25, -0.2) is 4.98 Å². The first-order valence-corrected chi connectivity index (χ1v) is 7.77. The van der Waals surface area contributed by atoms with Crippen LogP contribution in [0.3, 0.4) is 0 Å². The van der Waals surface area contributed by atoms with Gasteiger partial charge in [0, 0.05) is 32.0 Å². The molecule has 2 heterocycles. The van der Waals surface area contributed by atoms with E-state index in [4.69, 9.17) is 21.1 Å². The van der Waals surface area contributed by atoms with E-state index in [0.717, 1.165) is 38.2 Å². The molecule has 1 saturated carbocycles. The number of rotatable bonds is 6. The van der Waals surface area contributed by atoms with Crippen LogP contribution in [0.1, 0.15) is 31.2 Å². The summed E-state index contributed by atoms with van der Waals surface area (Å²) in [5.41, 5.74) is 1.11. The van der Waals surface area contributed by atoms with E-state index in [2.05, 4.69) is 10.3 Å². The normalized spacial score (nSPS) is 20.1. The van der Waals surface area contributed by atoms with Crippen molar-refractivity contribution in [3.63, 3.8) is 0 Å². The number of pyridine rings is 1. The summed E-state index contributed by atoms with van der Waals surface area (Å²) in [7, 11) is 0. The zero-order chi connectivity index (χ0) is 13.8. The number of nitrogens with one attached hydrogen (secondary N) is 1. The predicted octanol–water partition coefficient (Wildman–Crippen LogP) is 2.79. The van der Waals surface area contributed by atoms with Gasteiger partial charge in [0.2, 0.25) is 5.88 Å². The van der Waals surface area contributed by atoms with Crippen molar-refractivity contribution < 1.29 is 9.47 Å². The quantitative estimate of drug-likeness (QED) is 0.877. The van der Waals surface area contributed by atoms with Crippen LogP contribution >= 0.6 is 11.6 Å². The van der Waals surface area contributed by atoms with Crippen molar-refractivity contribution in [2.75, 3.05) is 19.8 Å². The number of hydrogen-bond donors (Lipinski definition) is 1. The van der Waals surface area contributed by atoms with Crippen molar-refractivity contribution >= 4 is 11.6 Å². The van der Waals surface area contributed by atoms with Crippen molar-refractivity contribution in [3.8, 4) is 5.88 Å². The molecule has 1 aliphatic heterocycles. The first-order chi connectivity index (χ1) is 9.81. The van der Waals surface area contributed by atoms with E-state index in [0.29, 0.717) is 29.5 Å². The van der Waals surface area contributed by atoms with Gasteiger partial charge in [0.05, 0.1) is 6.61 Å². The van der Waals surface area contributed by atoms with E-state index in [1.54, 1.807) is 0 Å². The lowest BCUT2D eigenvalue weighted by Crippen LogP contribution is -2.21. The van der Waals surface area contributed by atoms with Crippen LogP contribution < -0.4 is 10.1 Å². The minimum atomic E-state index is 0.549. The van der Waals surface area contributed by atoms with Crippen molar-refractivity contribution in [2.45, 2.75) is 38.3 Å². The first-order valence-electron chi connectivity index (χ1n) is 7.39. The van der Waals surface area contributed by atoms with E-state index in [-0.39, 0.29) is 0 Å². The molecule has 5 heteroatoms. The molecule has 2 aliphatic rings. The van der Waals surface area contributed by atoms with Crippen LogP contribution in [0.4, 0.5) is 0 Å². The van der Waals surface area contributed by atoms with Gasteiger partial charge >= 0.3 is 0 Å². The summed E-state index contributed by atoms with van der Waals surface area (Å²) in [5, 5.41) is 4.05. The van der Waals surface area contributed by atoms with Crippen LogP contribution in [0.2, 0.25) is 5.02 Å². The van der Waals surface area contributed by atoms with Crippen LogP contribution in [0, 0.1) is 5.92 Å². The fraction of sp³-hybridized carbons (Fsp3) is 0.667. The number of nitrogens with zero attached hydrogens (tertiary/aromatic N) is 1. The Kier molecular flexibility index (Phi) is 4.76. The molecule has 0 radical (unpaired) electrons. The molecular weight excluding hydrogens is 276 g/mol. The lowest BCUT2D eigenvalue weighted by Gasteiger charge is -2.22. The molecule has 0 unspecified atom stereocenters. The zero-order valence-electron chi connectivity index (χ0n) is 11.6. The van der Waals surface area contributed by atoms with Crippen molar-refractivity contribution in [1.29, 1.82) is 0 Å². The van der Waals surface area contributed by atoms with E-state index in [1.165, 1.54) is 12.8 Å². The average Bonchev–Trinajstić information content (AvgIpc) is 3.29. The molecule has 1 aromatic heterocycles. The van der Waals surface area contributed by atoms with Gasteiger partial charge in [-0.2, -0.15) is 0 Å². The summed E-state index contributed by atoms with van der Waals surface area (Å²) >= 11 is 6.24. The summed E-state index contributed by atoms with van der Waals surface area (Å²) in [6, 6.07) is 2.64.